The number of nitrogens with one attached hydrogen (secondary N) is 3. The minimum Gasteiger partial charge on any atom is -0.444 e. The zero-order valence-corrected chi connectivity index (χ0v) is 16.8. The van der Waals surface area contributed by atoms with Crippen LogP contribution in [-0.2, 0) is 11.2 Å². The number of nitrogens with zero attached hydrogens (tertiary/aromatic N) is 2. The molecule has 3 N–H and O–H groups in total. The van der Waals surface area contributed by atoms with E-state index >= 15 is 0 Å². The molecule has 2 aromatic rings. The zero-order chi connectivity index (χ0) is 20.6. The Labute approximate surface area is 164 Å². The van der Waals surface area contributed by atoms with E-state index < -0.39 is 0 Å². The molecule has 0 saturated heterocycles. The topological polar surface area (TPSA) is 91.5 Å². The van der Waals surface area contributed by atoms with E-state index in [4.69, 9.17) is 4.42 Å². The first kappa shape index (κ1) is 21.4. The van der Waals surface area contributed by atoms with Crippen LogP contribution < -0.4 is 16.0 Å². The molecule has 0 unspecified atom stereocenters. The molecule has 0 atom stereocenters. The number of aromatic nitrogens is 1. The molecule has 7 nitrogen and oxygen atoms in total. The van der Waals surface area contributed by atoms with Crippen LogP contribution >= 0.6 is 0 Å². The Bertz CT molecular complexity index is 794. The van der Waals surface area contributed by atoms with Crippen LogP contribution in [0.1, 0.15) is 33.4 Å². The summed E-state index contributed by atoms with van der Waals surface area (Å²) in [6.45, 7) is 9.04. The Morgan fingerprint density at radius 3 is 2.57 bits per heavy atom. The van der Waals surface area contributed by atoms with E-state index in [0.717, 1.165) is 11.3 Å². The molecule has 0 radical (unpaired) electrons. The van der Waals surface area contributed by atoms with E-state index in [1.807, 2.05) is 27.7 Å². The smallest absolute Gasteiger partial charge is 0.242 e. The van der Waals surface area contributed by atoms with Gasteiger partial charge in [0, 0.05) is 30.6 Å². The van der Waals surface area contributed by atoms with Crippen molar-refractivity contribution in [3.8, 4) is 11.5 Å². The van der Waals surface area contributed by atoms with Gasteiger partial charge >= 0.3 is 0 Å². The van der Waals surface area contributed by atoms with Gasteiger partial charge in [-0.1, -0.05) is 0 Å². The normalized spacial score (nSPS) is 12.0. The largest absolute Gasteiger partial charge is 0.444 e. The average Bonchev–Trinajstić information content (AvgIpc) is 3.07. The third kappa shape index (κ3) is 7.38. The van der Waals surface area contributed by atoms with E-state index in [2.05, 4.69) is 25.9 Å². The molecule has 1 amide bonds. The molecule has 1 aromatic heterocycles. The van der Waals surface area contributed by atoms with Gasteiger partial charge in [-0.25, -0.2) is 14.4 Å². The number of carbonyl (C=O) groups excluding carboxylic acids is 1. The van der Waals surface area contributed by atoms with Gasteiger partial charge in [0.25, 0.3) is 0 Å². The minimum atomic E-state index is -0.300. The molecular weight excluding hydrogens is 361 g/mol. The van der Waals surface area contributed by atoms with Gasteiger partial charge in [0.1, 0.15) is 18.6 Å². The number of aliphatic imine (C=N–C) groups is 1. The molecule has 2 rings (SSSR count). The Balaban J connectivity index is 1.86. The lowest BCUT2D eigenvalue weighted by atomic mass is 10.1. The quantitative estimate of drug-likeness (QED) is 0.500. The van der Waals surface area contributed by atoms with E-state index in [1.165, 1.54) is 12.1 Å². The highest BCUT2D eigenvalue weighted by molar-refractivity contribution is 5.85. The molecule has 28 heavy (non-hydrogen) atoms. The summed E-state index contributed by atoms with van der Waals surface area (Å²) in [5.41, 5.74) is 1.21. The van der Waals surface area contributed by atoms with Crippen LogP contribution in [-0.4, -0.2) is 42.0 Å². The minimum absolute atomic E-state index is 0.0469. The number of oxazole rings is 1. The van der Waals surface area contributed by atoms with Crippen molar-refractivity contribution in [1.29, 1.82) is 0 Å². The standard InChI is InChI=1S/C20H28FN5O2/c1-5-22-19(24-12-17(27)26-20(2,3)4)23-11-10-16-13-28-18(25-16)14-6-8-15(21)9-7-14/h6-9,13H,5,10-12H2,1-4H3,(H,26,27)(H2,22,23,24). The Hall–Kier alpha value is -2.90. The van der Waals surface area contributed by atoms with Crippen LogP contribution in [0.3, 0.4) is 0 Å². The highest BCUT2D eigenvalue weighted by atomic mass is 19.1. The number of amides is 1. The van der Waals surface area contributed by atoms with Gasteiger partial charge in [0.15, 0.2) is 5.96 Å². The highest BCUT2D eigenvalue weighted by Crippen LogP contribution is 2.18. The number of carbonyl (C=O) groups is 1. The molecule has 1 heterocycles. The number of benzene rings is 1. The number of hydrogen-bond acceptors (Lipinski definition) is 4. The third-order valence-corrected chi connectivity index (χ3v) is 3.56. The Kier molecular flexibility index (Phi) is 7.54. The van der Waals surface area contributed by atoms with Crippen LogP contribution in [0, 0.1) is 5.82 Å². The van der Waals surface area contributed by atoms with Crippen LogP contribution in [0.4, 0.5) is 4.39 Å². The van der Waals surface area contributed by atoms with Crippen LogP contribution in [0.15, 0.2) is 39.9 Å². The zero-order valence-electron chi connectivity index (χ0n) is 16.8. The third-order valence-electron chi connectivity index (χ3n) is 3.56. The summed E-state index contributed by atoms with van der Waals surface area (Å²) in [5.74, 6) is 0.583. The summed E-state index contributed by atoms with van der Waals surface area (Å²) in [6, 6.07) is 6.00. The van der Waals surface area contributed by atoms with Crippen molar-refractivity contribution in [3.05, 3.63) is 42.0 Å². The highest BCUT2D eigenvalue weighted by Gasteiger charge is 2.13. The van der Waals surface area contributed by atoms with Crippen molar-refractivity contribution in [3.63, 3.8) is 0 Å². The summed E-state index contributed by atoms with van der Waals surface area (Å²) >= 11 is 0. The van der Waals surface area contributed by atoms with Crippen LogP contribution in [0.5, 0.6) is 0 Å². The first-order chi connectivity index (χ1) is 13.3. The first-order valence-electron chi connectivity index (χ1n) is 9.30. The van der Waals surface area contributed by atoms with Gasteiger partial charge in [0.05, 0.1) is 5.69 Å². The van der Waals surface area contributed by atoms with E-state index in [0.29, 0.717) is 31.4 Å². The summed E-state index contributed by atoms with van der Waals surface area (Å²) in [7, 11) is 0. The molecule has 0 aliphatic heterocycles. The maximum absolute atomic E-state index is 13.0. The molecule has 0 spiro atoms. The van der Waals surface area contributed by atoms with E-state index in [-0.39, 0.29) is 23.8 Å². The van der Waals surface area contributed by atoms with Crippen molar-refractivity contribution in [2.45, 2.75) is 39.7 Å². The van der Waals surface area contributed by atoms with Gasteiger partial charge < -0.3 is 20.4 Å². The Morgan fingerprint density at radius 2 is 1.93 bits per heavy atom. The fourth-order valence-electron chi connectivity index (χ4n) is 2.41. The molecule has 152 valence electrons. The molecule has 1 aromatic carbocycles. The van der Waals surface area contributed by atoms with Gasteiger partial charge in [0.2, 0.25) is 11.8 Å². The first-order valence-corrected chi connectivity index (χ1v) is 9.30. The molecule has 0 aliphatic carbocycles. The van der Waals surface area contributed by atoms with Gasteiger partial charge in [-0.05, 0) is 52.0 Å². The molecule has 0 fully saturated rings. The predicted molar refractivity (Wildman–Crippen MR) is 107 cm³/mol. The molecule has 8 heteroatoms. The lowest BCUT2D eigenvalue weighted by molar-refractivity contribution is -0.121. The second-order valence-electron chi connectivity index (χ2n) is 7.32. The summed E-state index contributed by atoms with van der Waals surface area (Å²) in [6.07, 6.45) is 2.20. The second kappa shape index (κ2) is 9.87. The van der Waals surface area contributed by atoms with Gasteiger partial charge in [-0.15, -0.1) is 0 Å². The fourth-order valence-corrected chi connectivity index (χ4v) is 2.41. The number of rotatable bonds is 7. The van der Waals surface area contributed by atoms with E-state index in [9.17, 15) is 9.18 Å². The van der Waals surface area contributed by atoms with E-state index in [1.54, 1.807) is 18.4 Å². The maximum atomic E-state index is 13.0. The Morgan fingerprint density at radius 1 is 1.21 bits per heavy atom. The van der Waals surface area contributed by atoms with Crippen LogP contribution in [0.2, 0.25) is 0 Å². The van der Waals surface area contributed by atoms with Crippen molar-refractivity contribution < 1.29 is 13.6 Å². The van der Waals surface area contributed by atoms with Gasteiger partial charge in [-0.2, -0.15) is 0 Å². The maximum Gasteiger partial charge on any atom is 0.242 e. The monoisotopic (exact) mass is 389 g/mol. The summed E-state index contributed by atoms with van der Waals surface area (Å²) in [4.78, 5) is 20.6. The van der Waals surface area contributed by atoms with Crippen molar-refractivity contribution in [2.75, 3.05) is 19.6 Å². The SMILES string of the molecule is CCNC(=NCC(=O)NC(C)(C)C)NCCc1coc(-c2ccc(F)cc2)n1. The molecule has 0 saturated carbocycles. The van der Waals surface area contributed by atoms with Crippen molar-refractivity contribution >= 4 is 11.9 Å². The molecule has 0 bridgehead atoms. The summed E-state index contributed by atoms with van der Waals surface area (Å²) < 4.78 is 18.5. The lowest BCUT2D eigenvalue weighted by Crippen LogP contribution is -2.43. The van der Waals surface area contributed by atoms with Crippen molar-refractivity contribution in [1.82, 2.24) is 20.9 Å². The van der Waals surface area contributed by atoms with Crippen LogP contribution in [0.25, 0.3) is 11.5 Å². The summed E-state index contributed by atoms with van der Waals surface area (Å²) in [5, 5.41) is 9.15. The predicted octanol–water partition coefficient (Wildman–Crippen LogP) is 2.49. The number of hydrogen-bond donors (Lipinski definition) is 3. The fraction of sp³-hybridized carbons (Fsp3) is 0.450. The molecule has 0 aliphatic rings. The second-order valence-corrected chi connectivity index (χ2v) is 7.32. The van der Waals surface area contributed by atoms with Crippen molar-refractivity contribution in [2.24, 2.45) is 4.99 Å². The molecular formula is C20H28FN5O2. The van der Waals surface area contributed by atoms with Gasteiger partial charge in [-0.3, -0.25) is 4.79 Å². The number of halogens is 1. The average molecular weight is 389 g/mol. The number of guanidine groups is 1. The lowest BCUT2D eigenvalue weighted by Gasteiger charge is -2.20.